The van der Waals surface area contributed by atoms with Gasteiger partial charge in [-0.3, -0.25) is 4.79 Å². The Morgan fingerprint density at radius 3 is 2.24 bits per heavy atom. The molecule has 0 aliphatic heterocycles. The summed E-state index contributed by atoms with van der Waals surface area (Å²) >= 11 is 0. The minimum atomic E-state index is -1.05. The molecule has 0 heterocycles. The van der Waals surface area contributed by atoms with Gasteiger partial charge >= 0.3 is 5.97 Å². The van der Waals surface area contributed by atoms with E-state index >= 15 is 0 Å². The van der Waals surface area contributed by atoms with Gasteiger partial charge in [-0.05, 0) is 56.7 Å². The monoisotopic (exact) mass is 343 g/mol. The van der Waals surface area contributed by atoms with Crippen LogP contribution in [-0.2, 0) is 0 Å². The molecule has 0 unspecified atom stereocenters. The highest BCUT2D eigenvalue weighted by molar-refractivity contribution is 6.05. The fourth-order valence-corrected chi connectivity index (χ4v) is 2.28. The number of nitrogens with one attached hydrogen (secondary N) is 1. The van der Waals surface area contributed by atoms with Crippen LogP contribution in [0.5, 0.6) is 11.5 Å². The van der Waals surface area contributed by atoms with Crippen molar-refractivity contribution in [2.24, 2.45) is 0 Å². The molecule has 6 nitrogen and oxygen atoms in total. The number of rotatable bonds is 7. The third kappa shape index (κ3) is 4.50. The topological polar surface area (TPSA) is 84.9 Å². The molecule has 0 saturated carbocycles. The summed E-state index contributed by atoms with van der Waals surface area (Å²) in [5.41, 5.74) is 1.74. The van der Waals surface area contributed by atoms with Gasteiger partial charge < -0.3 is 19.9 Å². The van der Waals surface area contributed by atoms with Crippen molar-refractivity contribution in [1.82, 2.24) is 0 Å². The quantitative estimate of drug-likeness (QED) is 0.800. The first-order valence-electron chi connectivity index (χ1n) is 8.01. The van der Waals surface area contributed by atoms with E-state index in [0.29, 0.717) is 36.0 Å². The first-order chi connectivity index (χ1) is 12.0. The maximum Gasteiger partial charge on any atom is 0.335 e. The van der Waals surface area contributed by atoms with Crippen molar-refractivity contribution >= 4 is 17.6 Å². The van der Waals surface area contributed by atoms with Crippen LogP contribution in [0.25, 0.3) is 0 Å². The van der Waals surface area contributed by atoms with E-state index in [1.165, 1.54) is 12.1 Å². The number of carboxylic acids is 1. The molecular formula is C19H21NO5. The van der Waals surface area contributed by atoms with E-state index in [2.05, 4.69) is 5.32 Å². The fourth-order valence-electron chi connectivity index (χ4n) is 2.28. The van der Waals surface area contributed by atoms with Crippen molar-refractivity contribution in [2.45, 2.75) is 20.8 Å². The Bertz CT molecular complexity index is 785. The Hall–Kier alpha value is -3.02. The Balaban J connectivity index is 2.27. The molecule has 132 valence electrons. The Kier molecular flexibility index (Phi) is 6.00. The minimum absolute atomic E-state index is 0.114. The maximum atomic E-state index is 12.5. The fraction of sp³-hybridized carbons (Fsp3) is 0.263. The van der Waals surface area contributed by atoms with Gasteiger partial charge in [0, 0.05) is 11.3 Å². The standard InChI is InChI=1S/C19H21NO5/c1-4-24-16-9-8-13(11-17(16)25-5-2)18(21)20-15-10-14(19(22)23)7-6-12(15)3/h6-11H,4-5H2,1-3H3,(H,20,21)(H,22,23). The lowest BCUT2D eigenvalue weighted by atomic mass is 10.1. The van der Waals surface area contributed by atoms with Crippen LogP contribution in [0.3, 0.4) is 0 Å². The van der Waals surface area contributed by atoms with E-state index < -0.39 is 5.97 Å². The van der Waals surface area contributed by atoms with Crippen molar-refractivity contribution in [3.05, 3.63) is 53.1 Å². The van der Waals surface area contributed by atoms with Crippen molar-refractivity contribution in [1.29, 1.82) is 0 Å². The molecule has 6 heteroatoms. The summed E-state index contributed by atoms with van der Waals surface area (Å²) in [6.45, 7) is 6.46. The average Bonchev–Trinajstić information content (AvgIpc) is 2.58. The van der Waals surface area contributed by atoms with Crippen LogP contribution in [0.4, 0.5) is 5.69 Å². The zero-order valence-corrected chi connectivity index (χ0v) is 14.5. The third-order valence-electron chi connectivity index (χ3n) is 3.54. The summed E-state index contributed by atoms with van der Waals surface area (Å²) in [7, 11) is 0. The lowest BCUT2D eigenvalue weighted by Gasteiger charge is -2.13. The summed E-state index contributed by atoms with van der Waals surface area (Å²) in [4.78, 5) is 23.6. The van der Waals surface area contributed by atoms with Crippen molar-refractivity contribution in [2.75, 3.05) is 18.5 Å². The molecule has 0 fully saturated rings. The molecule has 0 aliphatic rings. The number of anilines is 1. The van der Waals surface area contributed by atoms with Gasteiger partial charge in [-0.25, -0.2) is 4.79 Å². The zero-order valence-electron chi connectivity index (χ0n) is 14.5. The molecule has 2 rings (SSSR count). The molecule has 1 amide bonds. The Morgan fingerprint density at radius 2 is 1.60 bits per heavy atom. The molecule has 2 aromatic carbocycles. The Morgan fingerprint density at radius 1 is 0.960 bits per heavy atom. The van der Waals surface area contributed by atoms with Crippen LogP contribution in [-0.4, -0.2) is 30.2 Å². The van der Waals surface area contributed by atoms with Crippen LogP contribution in [0.2, 0.25) is 0 Å². The van der Waals surface area contributed by atoms with E-state index in [1.54, 1.807) is 31.2 Å². The number of carbonyl (C=O) groups is 2. The zero-order chi connectivity index (χ0) is 18.4. The number of carboxylic acid groups (broad SMARTS) is 1. The molecule has 0 aliphatic carbocycles. The highest BCUT2D eigenvalue weighted by Gasteiger charge is 2.14. The van der Waals surface area contributed by atoms with Crippen molar-refractivity contribution in [3.8, 4) is 11.5 Å². The van der Waals surface area contributed by atoms with Crippen LogP contribution in [0.15, 0.2) is 36.4 Å². The third-order valence-corrected chi connectivity index (χ3v) is 3.54. The van der Waals surface area contributed by atoms with Gasteiger partial charge in [0.25, 0.3) is 5.91 Å². The second kappa shape index (κ2) is 8.19. The van der Waals surface area contributed by atoms with Gasteiger partial charge in [0.1, 0.15) is 0 Å². The van der Waals surface area contributed by atoms with Gasteiger partial charge in [-0.2, -0.15) is 0 Å². The highest BCUT2D eigenvalue weighted by Crippen LogP contribution is 2.29. The molecule has 0 spiro atoms. The number of aromatic carboxylic acids is 1. The highest BCUT2D eigenvalue weighted by atomic mass is 16.5. The molecular weight excluding hydrogens is 322 g/mol. The van der Waals surface area contributed by atoms with Crippen LogP contribution in [0.1, 0.15) is 40.1 Å². The van der Waals surface area contributed by atoms with Crippen LogP contribution >= 0.6 is 0 Å². The van der Waals surface area contributed by atoms with Crippen LogP contribution in [0, 0.1) is 6.92 Å². The van der Waals surface area contributed by atoms with Gasteiger partial charge in [-0.1, -0.05) is 6.07 Å². The van der Waals surface area contributed by atoms with Crippen LogP contribution < -0.4 is 14.8 Å². The molecule has 0 radical (unpaired) electrons. The molecule has 25 heavy (non-hydrogen) atoms. The largest absolute Gasteiger partial charge is 0.490 e. The summed E-state index contributed by atoms with van der Waals surface area (Å²) < 4.78 is 11.0. The van der Waals surface area contributed by atoms with E-state index in [1.807, 2.05) is 13.8 Å². The SMILES string of the molecule is CCOc1ccc(C(=O)Nc2cc(C(=O)O)ccc2C)cc1OCC. The number of benzene rings is 2. The number of aryl methyl sites for hydroxylation is 1. The first kappa shape index (κ1) is 18.3. The Labute approximate surface area is 146 Å². The number of carbonyl (C=O) groups excluding carboxylic acids is 1. The van der Waals surface area contributed by atoms with Gasteiger partial charge in [0.2, 0.25) is 0 Å². The maximum absolute atomic E-state index is 12.5. The second-order valence-corrected chi connectivity index (χ2v) is 5.32. The summed E-state index contributed by atoms with van der Waals surface area (Å²) in [5.74, 6) is -0.331. The number of ether oxygens (including phenoxy) is 2. The first-order valence-corrected chi connectivity index (χ1v) is 8.01. The van der Waals surface area contributed by atoms with E-state index in [0.717, 1.165) is 5.56 Å². The summed E-state index contributed by atoms with van der Waals surface area (Å²) in [6, 6.07) is 9.53. The number of hydrogen-bond acceptors (Lipinski definition) is 4. The van der Waals surface area contributed by atoms with E-state index in [4.69, 9.17) is 14.6 Å². The molecule has 0 saturated heterocycles. The molecule has 2 aromatic rings. The van der Waals surface area contributed by atoms with Gasteiger partial charge in [-0.15, -0.1) is 0 Å². The predicted molar refractivity (Wildman–Crippen MR) is 94.9 cm³/mol. The second-order valence-electron chi connectivity index (χ2n) is 5.32. The van der Waals surface area contributed by atoms with Gasteiger partial charge in [0.15, 0.2) is 11.5 Å². The summed E-state index contributed by atoms with van der Waals surface area (Å²) in [5, 5.41) is 11.8. The molecule has 0 bridgehead atoms. The average molecular weight is 343 g/mol. The molecule has 2 N–H and O–H groups in total. The van der Waals surface area contributed by atoms with E-state index in [9.17, 15) is 9.59 Å². The molecule has 0 atom stereocenters. The predicted octanol–water partition coefficient (Wildman–Crippen LogP) is 3.74. The number of amides is 1. The van der Waals surface area contributed by atoms with Crippen molar-refractivity contribution in [3.63, 3.8) is 0 Å². The lowest BCUT2D eigenvalue weighted by molar-refractivity contribution is 0.0696. The normalized spacial score (nSPS) is 10.2. The lowest BCUT2D eigenvalue weighted by Crippen LogP contribution is -2.14. The minimum Gasteiger partial charge on any atom is -0.490 e. The van der Waals surface area contributed by atoms with E-state index in [-0.39, 0.29) is 11.5 Å². The number of hydrogen-bond donors (Lipinski definition) is 2. The summed E-state index contributed by atoms with van der Waals surface area (Å²) in [6.07, 6.45) is 0. The van der Waals surface area contributed by atoms with Gasteiger partial charge in [0.05, 0.1) is 18.8 Å². The van der Waals surface area contributed by atoms with Crippen molar-refractivity contribution < 1.29 is 24.2 Å². The smallest absolute Gasteiger partial charge is 0.335 e. The molecule has 0 aromatic heterocycles.